The number of hydrogen-bond donors (Lipinski definition) is 1. The number of halogens is 1. The molecule has 1 heterocycles. The zero-order valence-corrected chi connectivity index (χ0v) is 12.1. The second kappa shape index (κ2) is 6.90. The van der Waals surface area contributed by atoms with Crippen molar-refractivity contribution in [3.63, 3.8) is 0 Å². The van der Waals surface area contributed by atoms with Gasteiger partial charge in [-0.25, -0.2) is 4.98 Å². The standard InChI is InChI=1S/C14H14ClN3O3/c1-2-6-16-14-9-11(5-7-17-14)21-10-3-4-13(18(19)20)12(15)8-10/h3-5,7-9H,2,6H2,1H3,(H,16,17). The third kappa shape index (κ3) is 4.06. The summed E-state index contributed by atoms with van der Waals surface area (Å²) in [7, 11) is 0. The molecule has 0 radical (unpaired) electrons. The Labute approximate surface area is 126 Å². The predicted molar refractivity (Wildman–Crippen MR) is 81.2 cm³/mol. The van der Waals surface area contributed by atoms with Gasteiger partial charge in [0.1, 0.15) is 22.3 Å². The average Bonchev–Trinajstić information content (AvgIpc) is 2.45. The highest BCUT2D eigenvalue weighted by molar-refractivity contribution is 6.32. The Balaban J connectivity index is 2.14. The first-order valence-electron chi connectivity index (χ1n) is 6.42. The fraction of sp³-hybridized carbons (Fsp3) is 0.214. The summed E-state index contributed by atoms with van der Waals surface area (Å²) in [5, 5.41) is 13.9. The third-order valence-corrected chi connectivity index (χ3v) is 2.94. The molecule has 21 heavy (non-hydrogen) atoms. The van der Waals surface area contributed by atoms with Crippen molar-refractivity contribution in [2.75, 3.05) is 11.9 Å². The van der Waals surface area contributed by atoms with Crippen LogP contribution < -0.4 is 10.1 Å². The number of ether oxygens (including phenoxy) is 1. The number of nitrogens with one attached hydrogen (secondary N) is 1. The Kier molecular flexibility index (Phi) is 4.94. The number of pyridine rings is 1. The minimum Gasteiger partial charge on any atom is -0.457 e. The molecule has 0 amide bonds. The molecule has 6 nitrogen and oxygen atoms in total. The van der Waals surface area contributed by atoms with Crippen LogP contribution in [0.1, 0.15) is 13.3 Å². The lowest BCUT2D eigenvalue weighted by Crippen LogP contribution is -2.01. The molecule has 2 rings (SSSR count). The Bertz CT molecular complexity index is 649. The average molecular weight is 308 g/mol. The van der Waals surface area contributed by atoms with Crippen molar-refractivity contribution in [1.82, 2.24) is 4.98 Å². The molecule has 1 N–H and O–H groups in total. The second-order valence-electron chi connectivity index (χ2n) is 4.28. The van der Waals surface area contributed by atoms with Gasteiger partial charge in [0.25, 0.3) is 5.69 Å². The molecule has 1 aromatic heterocycles. The van der Waals surface area contributed by atoms with Crippen LogP contribution in [0.5, 0.6) is 11.5 Å². The predicted octanol–water partition coefficient (Wildman–Crippen LogP) is 4.26. The molecule has 0 atom stereocenters. The van der Waals surface area contributed by atoms with Crippen LogP contribution in [0.3, 0.4) is 0 Å². The van der Waals surface area contributed by atoms with Gasteiger partial charge in [-0.15, -0.1) is 0 Å². The smallest absolute Gasteiger partial charge is 0.288 e. The largest absolute Gasteiger partial charge is 0.457 e. The van der Waals surface area contributed by atoms with Crippen LogP contribution in [-0.2, 0) is 0 Å². The molecule has 0 fully saturated rings. The minimum absolute atomic E-state index is 0.0379. The summed E-state index contributed by atoms with van der Waals surface area (Å²) < 4.78 is 5.63. The van der Waals surface area contributed by atoms with Crippen molar-refractivity contribution in [3.05, 3.63) is 51.7 Å². The van der Waals surface area contributed by atoms with Crippen LogP contribution in [0.15, 0.2) is 36.5 Å². The molecule has 0 bridgehead atoms. The Morgan fingerprint density at radius 2 is 2.10 bits per heavy atom. The summed E-state index contributed by atoms with van der Waals surface area (Å²) in [6.45, 7) is 2.88. The lowest BCUT2D eigenvalue weighted by Gasteiger charge is -2.08. The molecular weight excluding hydrogens is 294 g/mol. The summed E-state index contributed by atoms with van der Waals surface area (Å²) in [5.41, 5.74) is -0.149. The van der Waals surface area contributed by atoms with Gasteiger partial charge in [0, 0.05) is 30.9 Å². The Hall–Kier alpha value is -2.34. The molecule has 0 aliphatic rings. The molecule has 7 heteroatoms. The fourth-order valence-corrected chi connectivity index (χ4v) is 1.90. The van der Waals surface area contributed by atoms with E-state index in [1.165, 1.54) is 18.2 Å². The van der Waals surface area contributed by atoms with Gasteiger partial charge < -0.3 is 10.1 Å². The van der Waals surface area contributed by atoms with Crippen molar-refractivity contribution >= 4 is 23.1 Å². The molecular formula is C14H14ClN3O3. The quantitative estimate of drug-likeness (QED) is 0.637. The molecule has 2 aromatic rings. The number of aromatic nitrogens is 1. The van der Waals surface area contributed by atoms with Gasteiger partial charge in [-0.2, -0.15) is 0 Å². The Morgan fingerprint density at radius 1 is 1.33 bits per heavy atom. The molecule has 0 unspecified atom stereocenters. The lowest BCUT2D eigenvalue weighted by molar-refractivity contribution is -0.384. The monoisotopic (exact) mass is 307 g/mol. The first-order chi connectivity index (χ1) is 10.1. The second-order valence-corrected chi connectivity index (χ2v) is 4.68. The maximum absolute atomic E-state index is 10.7. The summed E-state index contributed by atoms with van der Waals surface area (Å²) in [6.07, 6.45) is 2.62. The highest BCUT2D eigenvalue weighted by Gasteiger charge is 2.13. The van der Waals surface area contributed by atoms with Gasteiger partial charge >= 0.3 is 0 Å². The topological polar surface area (TPSA) is 77.3 Å². The number of nitrogens with zero attached hydrogens (tertiary/aromatic N) is 2. The van der Waals surface area contributed by atoms with Crippen molar-refractivity contribution in [2.24, 2.45) is 0 Å². The van der Waals surface area contributed by atoms with E-state index in [2.05, 4.69) is 17.2 Å². The molecule has 0 aliphatic carbocycles. The van der Waals surface area contributed by atoms with E-state index in [0.29, 0.717) is 17.3 Å². The highest BCUT2D eigenvalue weighted by Crippen LogP contribution is 2.31. The molecule has 1 aromatic carbocycles. The number of hydrogen-bond acceptors (Lipinski definition) is 5. The minimum atomic E-state index is -0.536. The number of benzene rings is 1. The van der Waals surface area contributed by atoms with E-state index in [9.17, 15) is 10.1 Å². The number of nitro groups is 1. The maximum atomic E-state index is 10.7. The zero-order chi connectivity index (χ0) is 15.2. The first kappa shape index (κ1) is 15.1. The molecule has 0 aliphatic heterocycles. The lowest BCUT2D eigenvalue weighted by atomic mass is 10.3. The number of nitro benzene ring substituents is 1. The molecule has 0 saturated heterocycles. The maximum Gasteiger partial charge on any atom is 0.288 e. The fourth-order valence-electron chi connectivity index (χ4n) is 1.66. The van der Waals surface area contributed by atoms with E-state index in [-0.39, 0.29) is 10.7 Å². The van der Waals surface area contributed by atoms with Crippen LogP contribution >= 0.6 is 11.6 Å². The van der Waals surface area contributed by atoms with Crippen LogP contribution in [0.4, 0.5) is 11.5 Å². The number of rotatable bonds is 6. The van der Waals surface area contributed by atoms with Gasteiger partial charge in [0.2, 0.25) is 0 Å². The normalized spacial score (nSPS) is 10.2. The van der Waals surface area contributed by atoms with E-state index in [1.807, 2.05) is 0 Å². The van der Waals surface area contributed by atoms with Crippen LogP contribution in [0.2, 0.25) is 5.02 Å². The van der Waals surface area contributed by atoms with Gasteiger partial charge in [-0.1, -0.05) is 18.5 Å². The van der Waals surface area contributed by atoms with Gasteiger partial charge in [-0.05, 0) is 18.6 Å². The molecule has 0 spiro atoms. The number of anilines is 1. The van der Waals surface area contributed by atoms with E-state index in [1.54, 1.807) is 18.3 Å². The van der Waals surface area contributed by atoms with E-state index in [4.69, 9.17) is 16.3 Å². The summed E-state index contributed by atoms with van der Waals surface area (Å²) in [6, 6.07) is 7.69. The van der Waals surface area contributed by atoms with Crippen LogP contribution in [-0.4, -0.2) is 16.5 Å². The van der Waals surface area contributed by atoms with Crippen LogP contribution in [0, 0.1) is 10.1 Å². The molecule has 0 saturated carbocycles. The Morgan fingerprint density at radius 3 is 2.76 bits per heavy atom. The van der Waals surface area contributed by atoms with Crippen molar-refractivity contribution < 1.29 is 9.66 Å². The zero-order valence-electron chi connectivity index (χ0n) is 11.4. The van der Waals surface area contributed by atoms with Crippen molar-refractivity contribution in [2.45, 2.75) is 13.3 Å². The highest BCUT2D eigenvalue weighted by atomic mass is 35.5. The van der Waals surface area contributed by atoms with E-state index >= 15 is 0 Å². The van der Waals surface area contributed by atoms with Crippen LogP contribution in [0.25, 0.3) is 0 Å². The van der Waals surface area contributed by atoms with Crippen molar-refractivity contribution in [3.8, 4) is 11.5 Å². The van der Waals surface area contributed by atoms with Gasteiger partial charge in [0.05, 0.1) is 4.92 Å². The molecule has 110 valence electrons. The summed E-state index contributed by atoms with van der Waals surface area (Å²) in [5.74, 6) is 1.72. The van der Waals surface area contributed by atoms with Crippen molar-refractivity contribution in [1.29, 1.82) is 0 Å². The first-order valence-corrected chi connectivity index (χ1v) is 6.79. The summed E-state index contributed by atoms with van der Waals surface area (Å²) in [4.78, 5) is 14.3. The van der Waals surface area contributed by atoms with E-state index in [0.717, 1.165) is 13.0 Å². The van der Waals surface area contributed by atoms with E-state index < -0.39 is 4.92 Å². The third-order valence-electron chi connectivity index (χ3n) is 2.64. The SMILES string of the molecule is CCCNc1cc(Oc2ccc([N+](=O)[O-])c(Cl)c2)ccn1. The van der Waals surface area contributed by atoms with Gasteiger partial charge in [0.15, 0.2) is 0 Å². The van der Waals surface area contributed by atoms with Gasteiger partial charge in [-0.3, -0.25) is 10.1 Å². The summed E-state index contributed by atoms with van der Waals surface area (Å²) >= 11 is 5.84.